The molecule has 0 amide bonds. The summed E-state index contributed by atoms with van der Waals surface area (Å²) in [5.41, 5.74) is 1.67. The van der Waals surface area contributed by atoms with Gasteiger partial charge in [0.05, 0.1) is 18.6 Å². The monoisotopic (exact) mass is 239 g/mol. The van der Waals surface area contributed by atoms with E-state index in [2.05, 4.69) is 10.3 Å². The van der Waals surface area contributed by atoms with Gasteiger partial charge in [-0.2, -0.15) is 0 Å². The first kappa shape index (κ1) is 11.0. The molecule has 0 atom stereocenters. The van der Waals surface area contributed by atoms with E-state index in [9.17, 15) is 4.39 Å². The summed E-state index contributed by atoms with van der Waals surface area (Å²) in [6, 6.07) is 4.36. The Balaban J connectivity index is 2.07. The maximum Gasteiger partial charge on any atom is 0.126 e. The summed E-state index contributed by atoms with van der Waals surface area (Å²) in [6.45, 7) is 0.580. The smallest absolute Gasteiger partial charge is 0.126 e. The van der Waals surface area contributed by atoms with Crippen LogP contribution in [-0.4, -0.2) is 9.55 Å². The van der Waals surface area contributed by atoms with Crippen molar-refractivity contribution in [2.45, 2.75) is 6.54 Å². The molecule has 0 aliphatic carbocycles. The zero-order valence-corrected chi connectivity index (χ0v) is 9.50. The molecule has 1 heterocycles. The molecule has 0 bridgehead atoms. The zero-order chi connectivity index (χ0) is 11.5. The number of nitrogens with one attached hydrogen (secondary N) is 1. The van der Waals surface area contributed by atoms with E-state index >= 15 is 0 Å². The molecule has 0 aliphatic heterocycles. The third-order valence-electron chi connectivity index (χ3n) is 2.25. The maximum absolute atomic E-state index is 13.0. The van der Waals surface area contributed by atoms with Crippen molar-refractivity contribution in [3.63, 3.8) is 0 Å². The van der Waals surface area contributed by atoms with E-state index in [0.29, 0.717) is 17.3 Å². The fourth-order valence-corrected chi connectivity index (χ4v) is 1.63. The summed E-state index contributed by atoms with van der Waals surface area (Å²) < 4.78 is 14.9. The van der Waals surface area contributed by atoms with Crippen LogP contribution in [0.4, 0.5) is 10.1 Å². The number of hydrogen-bond donors (Lipinski definition) is 1. The Labute approximate surface area is 97.9 Å². The highest BCUT2D eigenvalue weighted by atomic mass is 35.5. The molecule has 1 aromatic carbocycles. The molecule has 84 valence electrons. The lowest BCUT2D eigenvalue weighted by atomic mass is 10.3. The van der Waals surface area contributed by atoms with Crippen molar-refractivity contribution >= 4 is 17.3 Å². The highest BCUT2D eigenvalue weighted by Crippen LogP contribution is 2.18. The first-order valence-electron chi connectivity index (χ1n) is 4.80. The van der Waals surface area contributed by atoms with Crippen LogP contribution in [0.15, 0.2) is 30.7 Å². The molecule has 16 heavy (non-hydrogen) atoms. The number of hydrogen-bond acceptors (Lipinski definition) is 2. The summed E-state index contributed by atoms with van der Waals surface area (Å²) in [7, 11) is 1.91. The molecule has 1 aromatic heterocycles. The topological polar surface area (TPSA) is 29.9 Å². The predicted octanol–water partition coefficient (Wildman–Crippen LogP) is 2.82. The number of aromatic nitrogens is 2. The fourth-order valence-electron chi connectivity index (χ4n) is 1.40. The molecule has 1 N–H and O–H groups in total. The third-order valence-corrected chi connectivity index (χ3v) is 2.47. The minimum absolute atomic E-state index is 0.347. The highest BCUT2D eigenvalue weighted by molar-refractivity contribution is 6.30. The van der Waals surface area contributed by atoms with Gasteiger partial charge in [0.2, 0.25) is 0 Å². The van der Waals surface area contributed by atoms with Gasteiger partial charge in [0, 0.05) is 24.0 Å². The van der Waals surface area contributed by atoms with E-state index in [0.717, 1.165) is 5.69 Å². The van der Waals surface area contributed by atoms with E-state index in [4.69, 9.17) is 11.6 Å². The van der Waals surface area contributed by atoms with Crippen LogP contribution in [0.25, 0.3) is 0 Å². The molecular formula is C11H11ClFN3. The van der Waals surface area contributed by atoms with Gasteiger partial charge in [-0.15, -0.1) is 0 Å². The molecule has 0 radical (unpaired) electrons. The Morgan fingerprint density at radius 2 is 2.25 bits per heavy atom. The Hall–Kier alpha value is -1.55. The van der Waals surface area contributed by atoms with Crippen LogP contribution >= 0.6 is 11.6 Å². The molecule has 2 aromatic rings. The molecule has 0 saturated heterocycles. The van der Waals surface area contributed by atoms with Crippen molar-refractivity contribution in [2.75, 3.05) is 5.32 Å². The molecule has 3 nitrogen and oxygen atoms in total. The number of anilines is 1. The van der Waals surface area contributed by atoms with Crippen LogP contribution in [0.2, 0.25) is 5.02 Å². The van der Waals surface area contributed by atoms with Gasteiger partial charge in [-0.3, -0.25) is 0 Å². The number of imidazole rings is 1. The van der Waals surface area contributed by atoms with Crippen LogP contribution in [0.5, 0.6) is 0 Å². The van der Waals surface area contributed by atoms with Gasteiger partial charge in [0.1, 0.15) is 5.82 Å². The quantitative estimate of drug-likeness (QED) is 0.893. The molecule has 0 fully saturated rings. The van der Waals surface area contributed by atoms with Gasteiger partial charge in [0.25, 0.3) is 0 Å². The van der Waals surface area contributed by atoms with Crippen LogP contribution in [0.1, 0.15) is 5.69 Å². The Bertz CT molecular complexity index is 475. The average molecular weight is 240 g/mol. The van der Waals surface area contributed by atoms with Gasteiger partial charge in [-0.1, -0.05) is 11.6 Å². The number of halogens is 2. The lowest BCUT2D eigenvalue weighted by Crippen LogP contribution is -2.04. The van der Waals surface area contributed by atoms with Gasteiger partial charge in [-0.25, -0.2) is 9.37 Å². The van der Waals surface area contributed by atoms with Crippen molar-refractivity contribution < 1.29 is 4.39 Å². The molecule has 0 saturated carbocycles. The van der Waals surface area contributed by atoms with Crippen LogP contribution in [0.3, 0.4) is 0 Å². The van der Waals surface area contributed by atoms with Crippen LogP contribution in [-0.2, 0) is 13.6 Å². The lowest BCUT2D eigenvalue weighted by Gasteiger charge is -2.07. The summed E-state index contributed by atoms with van der Waals surface area (Å²) >= 11 is 5.74. The molecule has 0 unspecified atom stereocenters. The molecule has 0 spiro atoms. The summed E-state index contributed by atoms with van der Waals surface area (Å²) in [5, 5.41) is 3.47. The molecule has 2 rings (SSSR count). The second-order valence-corrected chi connectivity index (χ2v) is 3.94. The van der Waals surface area contributed by atoms with Gasteiger partial charge < -0.3 is 9.88 Å². The Kier molecular flexibility index (Phi) is 3.10. The van der Waals surface area contributed by atoms with E-state index in [1.165, 1.54) is 12.1 Å². The number of benzene rings is 1. The van der Waals surface area contributed by atoms with Crippen molar-refractivity contribution in [2.24, 2.45) is 7.05 Å². The SMILES string of the molecule is Cn1cncc1CNc1cc(F)cc(Cl)c1. The van der Waals surface area contributed by atoms with Gasteiger partial charge in [0.15, 0.2) is 0 Å². The standard InChI is InChI=1S/C11H11ClFN3/c1-16-7-14-5-11(16)6-15-10-3-8(12)2-9(13)4-10/h2-5,7,15H,6H2,1H3. The van der Waals surface area contributed by atoms with E-state index in [1.807, 2.05) is 11.6 Å². The zero-order valence-electron chi connectivity index (χ0n) is 8.74. The van der Waals surface area contributed by atoms with Crippen molar-refractivity contribution in [3.05, 3.63) is 47.3 Å². The minimum Gasteiger partial charge on any atom is -0.379 e. The van der Waals surface area contributed by atoms with E-state index in [-0.39, 0.29) is 5.82 Å². The average Bonchev–Trinajstić information content (AvgIpc) is 2.59. The normalized spacial score (nSPS) is 10.4. The Morgan fingerprint density at radius 1 is 1.44 bits per heavy atom. The number of rotatable bonds is 3. The first-order chi connectivity index (χ1) is 7.65. The fraction of sp³-hybridized carbons (Fsp3) is 0.182. The van der Waals surface area contributed by atoms with Crippen molar-refractivity contribution in [1.82, 2.24) is 9.55 Å². The molecule has 5 heteroatoms. The summed E-state index contributed by atoms with van der Waals surface area (Å²) in [5.74, 6) is -0.347. The van der Waals surface area contributed by atoms with Crippen molar-refractivity contribution in [1.29, 1.82) is 0 Å². The van der Waals surface area contributed by atoms with Crippen LogP contribution < -0.4 is 5.32 Å². The van der Waals surface area contributed by atoms with E-state index < -0.39 is 0 Å². The highest BCUT2D eigenvalue weighted by Gasteiger charge is 2.01. The maximum atomic E-state index is 13.0. The van der Waals surface area contributed by atoms with Gasteiger partial charge >= 0.3 is 0 Å². The van der Waals surface area contributed by atoms with Crippen LogP contribution in [0, 0.1) is 5.82 Å². The van der Waals surface area contributed by atoms with E-state index in [1.54, 1.807) is 18.6 Å². The summed E-state index contributed by atoms with van der Waals surface area (Å²) in [6.07, 6.45) is 3.48. The largest absolute Gasteiger partial charge is 0.379 e. The molecular weight excluding hydrogens is 229 g/mol. The number of nitrogens with zero attached hydrogens (tertiary/aromatic N) is 2. The Morgan fingerprint density at radius 3 is 2.88 bits per heavy atom. The van der Waals surface area contributed by atoms with Crippen molar-refractivity contribution in [3.8, 4) is 0 Å². The lowest BCUT2D eigenvalue weighted by molar-refractivity contribution is 0.628. The van der Waals surface area contributed by atoms with Gasteiger partial charge in [-0.05, 0) is 18.2 Å². The summed E-state index contributed by atoms with van der Waals surface area (Å²) in [4.78, 5) is 3.99. The number of aryl methyl sites for hydroxylation is 1. The second-order valence-electron chi connectivity index (χ2n) is 3.51. The minimum atomic E-state index is -0.347. The predicted molar refractivity (Wildman–Crippen MR) is 61.9 cm³/mol. The third kappa shape index (κ3) is 2.52. The first-order valence-corrected chi connectivity index (χ1v) is 5.18. The molecule has 0 aliphatic rings. The second kappa shape index (κ2) is 4.53.